The smallest absolute Gasteiger partial charge is 0.283 e. The number of likely N-dealkylation sites (tertiary alicyclic amines) is 2. The van der Waals surface area contributed by atoms with E-state index in [-0.39, 0.29) is 72.5 Å². The molecule has 0 unspecified atom stereocenters. The molecule has 2 N–H and O–H groups in total. The fraction of sp³-hybridized carbons (Fsp3) is 0.667. The normalized spacial score (nSPS) is 32.0. The Morgan fingerprint density at radius 1 is 0.600 bits per heavy atom. The summed E-state index contributed by atoms with van der Waals surface area (Å²) in [5, 5.41) is 37.2. The molecule has 0 bridgehead atoms. The summed E-state index contributed by atoms with van der Waals surface area (Å²) in [6.07, 6.45) is 6.57. The number of hydrogen-bond donors (Lipinski definition) is 2. The van der Waals surface area contributed by atoms with E-state index in [0.717, 1.165) is 72.2 Å². The lowest BCUT2D eigenvalue weighted by Crippen LogP contribution is -2.64. The van der Waals surface area contributed by atoms with Gasteiger partial charge in [-0.15, -0.1) is 0 Å². The van der Waals surface area contributed by atoms with E-state index < -0.39 is 21.4 Å². The highest BCUT2D eigenvalue weighted by Gasteiger charge is 2.58. The maximum Gasteiger partial charge on any atom is 0.283 e. The van der Waals surface area contributed by atoms with E-state index in [1.54, 1.807) is 0 Å². The van der Waals surface area contributed by atoms with Gasteiger partial charge in [-0.2, -0.15) is 0 Å². The van der Waals surface area contributed by atoms with Crippen LogP contribution in [-0.4, -0.2) is 58.4 Å². The molecule has 4 fully saturated rings. The van der Waals surface area contributed by atoms with Crippen LogP contribution in [0.25, 0.3) is 0 Å². The Bertz CT molecular complexity index is 1400. The van der Waals surface area contributed by atoms with Crippen LogP contribution >= 0.6 is 0 Å². The first-order valence-corrected chi connectivity index (χ1v) is 19.7. The van der Waals surface area contributed by atoms with E-state index in [4.69, 9.17) is 0 Å². The van der Waals surface area contributed by atoms with Gasteiger partial charge >= 0.3 is 0 Å². The first kappa shape index (κ1) is 37.0. The summed E-state index contributed by atoms with van der Waals surface area (Å²) in [6.45, 7) is 17.2. The summed E-state index contributed by atoms with van der Waals surface area (Å²) in [5.74, 6) is 0.787. The number of nitrogens with zero attached hydrogens (tertiary/aromatic N) is 2. The SMILES string of the molecule is CC(C)c1cccc(C(C)C)c1NC(=O)[C@@H]1C[C@@H]2CCC[C@@H]2[N@@+]1([O-])CC[N@@+]1([O-])[C@H](C(=O)Nc2c(C(C)C)cccc2C(C)C)C[C@@H]2CCC[C@@H]21. The van der Waals surface area contributed by atoms with Crippen molar-refractivity contribution in [3.05, 3.63) is 69.1 Å². The third kappa shape index (κ3) is 6.55. The fourth-order valence-corrected chi connectivity index (χ4v) is 10.5. The molecule has 8 atom stereocenters. The van der Waals surface area contributed by atoms with E-state index in [9.17, 15) is 9.59 Å². The summed E-state index contributed by atoms with van der Waals surface area (Å²) in [7, 11) is 0. The Morgan fingerprint density at radius 3 is 1.22 bits per heavy atom. The average molecular weight is 687 g/mol. The van der Waals surface area contributed by atoms with Crippen molar-refractivity contribution >= 4 is 23.2 Å². The number of carbonyl (C=O) groups excluding carboxylic acids is 2. The van der Waals surface area contributed by atoms with Gasteiger partial charge in [0.2, 0.25) is 0 Å². The number of quaternary nitrogens is 2. The topological polar surface area (TPSA) is 104 Å². The molecule has 2 aromatic rings. The molecule has 8 heteroatoms. The zero-order valence-electron chi connectivity index (χ0n) is 31.8. The number of amides is 2. The second-order valence-corrected chi connectivity index (χ2v) is 17.4. The van der Waals surface area contributed by atoms with Crippen LogP contribution in [0.2, 0.25) is 0 Å². The molecule has 6 rings (SSSR count). The van der Waals surface area contributed by atoms with Crippen molar-refractivity contribution in [1.82, 2.24) is 0 Å². The van der Waals surface area contributed by atoms with E-state index >= 15 is 10.4 Å². The zero-order chi connectivity index (χ0) is 36.1. The molecule has 2 saturated carbocycles. The summed E-state index contributed by atoms with van der Waals surface area (Å²) in [6, 6.07) is 10.5. The Labute approximate surface area is 300 Å². The Kier molecular flexibility index (Phi) is 10.6. The van der Waals surface area contributed by atoms with Crippen LogP contribution in [-0.2, 0) is 9.59 Å². The summed E-state index contributed by atoms with van der Waals surface area (Å²) < 4.78 is -1.28. The number of nitrogens with one attached hydrogen (secondary N) is 2. The van der Waals surface area contributed by atoms with Gasteiger partial charge in [0.1, 0.15) is 13.1 Å². The molecule has 4 aliphatic rings. The van der Waals surface area contributed by atoms with E-state index in [1.165, 1.54) is 0 Å². The van der Waals surface area contributed by atoms with Gasteiger partial charge in [0.05, 0.1) is 12.1 Å². The lowest BCUT2D eigenvalue weighted by Gasteiger charge is -2.53. The molecule has 8 nitrogen and oxygen atoms in total. The first-order chi connectivity index (χ1) is 23.7. The molecule has 0 radical (unpaired) electrons. The number of benzene rings is 2. The first-order valence-electron chi connectivity index (χ1n) is 19.7. The van der Waals surface area contributed by atoms with Crippen molar-refractivity contribution in [3.8, 4) is 0 Å². The van der Waals surface area contributed by atoms with Crippen molar-refractivity contribution in [2.24, 2.45) is 11.8 Å². The number of para-hydroxylation sites is 2. The molecule has 2 heterocycles. The Balaban J connectivity index is 1.29. The molecule has 274 valence electrons. The summed E-state index contributed by atoms with van der Waals surface area (Å²) in [4.78, 5) is 28.7. The number of hydroxylamine groups is 6. The monoisotopic (exact) mass is 686 g/mol. The quantitative estimate of drug-likeness (QED) is 0.182. The Hall–Kier alpha value is -2.78. The van der Waals surface area contributed by atoms with Crippen molar-refractivity contribution in [2.75, 3.05) is 23.7 Å². The predicted molar refractivity (Wildman–Crippen MR) is 203 cm³/mol. The second kappa shape index (κ2) is 14.3. The van der Waals surface area contributed by atoms with Gasteiger partial charge in [0.25, 0.3) is 11.8 Å². The minimum Gasteiger partial charge on any atom is -0.632 e. The van der Waals surface area contributed by atoms with E-state index in [1.807, 2.05) is 0 Å². The van der Waals surface area contributed by atoms with Gasteiger partial charge in [-0.25, -0.2) is 0 Å². The van der Waals surface area contributed by atoms with Gasteiger partial charge in [-0.1, -0.05) is 91.8 Å². The Morgan fingerprint density at radius 2 is 0.920 bits per heavy atom. The third-order valence-corrected chi connectivity index (χ3v) is 13.1. The largest absolute Gasteiger partial charge is 0.632 e. The van der Waals surface area contributed by atoms with Gasteiger partial charge in [0.15, 0.2) is 12.1 Å². The second-order valence-electron chi connectivity index (χ2n) is 17.4. The fourth-order valence-electron chi connectivity index (χ4n) is 10.5. The third-order valence-electron chi connectivity index (χ3n) is 13.1. The average Bonchev–Trinajstić information content (AvgIpc) is 3.84. The number of fused-ring (bicyclic) bond motifs is 2. The van der Waals surface area contributed by atoms with Crippen molar-refractivity contribution < 1.29 is 18.9 Å². The predicted octanol–water partition coefficient (Wildman–Crippen LogP) is 9.27. The lowest BCUT2D eigenvalue weighted by atomic mass is 9.92. The van der Waals surface area contributed by atoms with Crippen LogP contribution in [0.4, 0.5) is 11.4 Å². The number of carbonyl (C=O) groups is 2. The highest BCUT2D eigenvalue weighted by Crippen LogP contribution is 2.50. The maximum absolute atomic E-state index is 15.3. The van der Waals surface area contributed by atoms with Crippen molar-refractivity contribution in [3.63, 3.8) is 0 Å². The standard InChI is InChI=1S/C42H62N4O4/c1-25(2)31-15-11-16-32(26(3)4)39(31)43-41(47)37-23-29-13-9-19-35(29)45(37,49)21-22-46(50)36-20-10-14-30(36)24-38(46)42(48)44-40-33(27(5)6)17-12-18-34(40)28(7)8/h11-12,15-18,25-30,35-38H,9-10,13-14,19-24H2,1-8H3,(H,43,47)(H,44,48)/t29-,30-,35-,36-,37-,38-,45-,46-/m0/s1. The minimum absolute atomic E-state index is 0.0679. The van der Waals surface area contributed by atoms with Crippen molar-refractivity contribution in [2.45, 2.75) is 155 Å². The van der Waals surface area contributed by atoms with E-state index in [2.05, 4.69) is 102 Å². The minimum atomic E-state index is -0.766. The van der Waals surface area contributed by atoms with Crippen LogP contribution in [0.3, 0.4) is 0 Å². The number of rotatable bonds is 11. The number of hydrogen-bond acceptors (Lipinski definition) is 4. The molecule has 0 aromatic heterocycles. The van der Waals surface area contributed by atoms with E-state index in [0.29, 0.717) is 12.8 Å². The lowest BCUT2D eigenvalue weighted by molar-refractivity contribution is -0.961. The molecule has 2 aliphatic carbocycles. The molecular weight excluding hydrogens is 624 g/mol. The van der Waals surface area contributed by atoms with Gasteiger partial charge in [-0.3, -0.25) is 9.59 Å². The zero-order valence-corrected chi connectivity index (χ0v) is 31.8. The summed E-state index contributed by atoms with van der Waals surface area (Å²) >= 11 is 0. The van der Waals surface area contributed by atoms with Crippen LogP contribution in [0.15, 0.2) is 36.4 Å². The molecule has 0 spiro atoms. The van der Waals surface area contributed by atoms with Gasteiger partial charge in [-0.05, 0) is 71.6 Å². The maximum atomic E-state index is 15.3. The molecule has 2 saturated heterocycles. The number of anilines is 2. The highest BCUT2D eigenvalue weighted by molar-refractivity contribution is 5.97. The molecule has 2 aromatic carbocycles. The van der Waals surface area contributed by atoms with Crippen LogP contribution < -0.4 is 10.6 Å². The van der Waals surface area contributed by atoms with Crippen LogP contribution in [0, 0.1) is 22.3 Å². The molecule has 50 heavy (non-hydrogen) atoms. The van der Waals surface area contributed by atoms with Crippen molar-refractivity contribution in [1.29, 1.82) is 0 Å². The van der Waals surface area contributed by atoms with Crippen LogP contribution in [0.5, 0.6) is 0 Å². The molecule has 2 aliphatic heterocycles. The molecule has 2 amide bonds. The highest BCUT2D eigenvalue weighted by atomic mass is 16.6. The van der Waals surface area contributed by atoms with Gasteiger partial charge in [0, 0.05) is 48.9 Å². The van der Waals surface area contributed by atoms with Crippen LogP contribution in [0.1, 0.15) is 153 Å². The van der Waals surface area contributed by atoms with Gasteiger partial charge < -0.3 is 30.3 Å². The summed E-state index contributed by atoms with van der Waals surface area (Å²) in [5.41, 5.74) is 5.99. The molecular formula is C42H62N4O4.